The van der Waals surface area contributed by atoms with Crippen LogP contribution in [0.3, 0.4) is 0 Å². The predicted molar refractivity (Wildman–Crippen MR) is 92.7 cm³/mol. The minimum absolute atomic E-state index is 0.0255. The summed E-state index contributed by atoms with van der Waals surface area (Å²) in [6.07, 6.45) is -0.102. The second-order valence-electron chi connectivity index (χ2n) is 5.97. The molecule has 1 aromatic rings. The van der Waals surface area contributed by atoms with E-state index in [0.29, 0.717) is 21.9 Å². The van der Waals surface area contributed by atoms with Crippen LogP contribution in [0.15, 0.2) is 12.1 Å². The van der Waals surface area contributed by atoms with Gasteiger partial charge in [0, 0.05) is 17.0 Å². The van der Waals surface area contributed by atoms with Gasteiger partial charge in [-0.15, -0.1) is 0 Å². The molecule has 1 N–H and O–H groups in total. The fourth-order valence-corrected chi connectivity index (χ4v) is 3.20. The smallest absolute Gasteiger partial charge is 0.308 e. The van der Waals surface area contributed by atoms with Crippen molar-refractivity contribution in [2.45, 2.75) is 38.5 Å². The lowest BCUT2D eigenvalue weighted by Gasteiger charge is -2.32. The maximum atomic E-state index is 11.9. The first-order chi connectivity index (χ1) is 11.7. The van der Waals surface area contributed by atoms with Crippen LogP contribution in [-0.2, 0) is 19.7 Å². The Morgan fingerprint density at radius 2 is 2.04 bits per heavy atom. The quantitative estimate of drug-likeness (QED) is 0.706. The third-order valence-electron chi connectivity index (χ3n) is 4.30. The molecule has 2 atom stereocenters. The molecule has 0 fully saturated rings. The number of benzene rings is 1. The van der Waals surface area contributed by atoms with Gasteiger partial charge in [0.05, 0.1) is 31.6 Å². The van der Waals surface area contributed by atoms with Crippen LogP contribution in [0.5, 0.6) is 5.75 Å². The number of hydrogen-bond donors (Lipinski definition) is 1. The van der Waals surface area contributed by atoms with Crippen molar-refractivity contribution in [1.29, 1.82) is 5.26 Å². The van der Waals surface area contributed by atoms with Crippen molar-refractivity contribution in [3.63, 3.8) is 0 Å². The molecule has 0 amide bonds. The number of esters is 1. The number of carboxylic acids is 1. The van der Waals surface area contributed by atoms with Crippen LogP contribution in [0.4, 0.5) is 0 Å². The Labute approximate surface area is 152 Å². The largest absolute Gasteiger partial charge is 0.496 e. The Kier molecular flexibility index (Phi) is 7.25. The fourth-order valence-electron chi connectivity index (χ4n) is 3.04. The topological polar surface area (TPSA) is 96.6 Å². The Balaban J connectivity index is 3.55. The van der Waals surface area contributed by atoms with Gasteiger partial charge < -0.3 is 14.6 Å². The second-order valence-corrected chi connectivity index (χ2v) is 6.37. The Bertz CT molecular complexity index is 697. The molecular weight excluding hydrogens is 346 g/mol. The van der Waals surface area contributed by atoms with Crippen LogP contribution >= 0.6 is 11.6 Å². The van der Waals surface area contributed by atoms with Crippen molar-refractivity contribution in [2.24, 2.45) is 5.92 Å². The zero-order chi connectivity index (χ0) is 19.2. The molecule has 0 saturated heterocycles. The fraction of sp³-hybridized carbons (Fsp3) is 0.500. The van der Waals surface area contributed by atoms with E-state index in [9.17, 15) is 14.9 Å². The van der Waals surface area contributed by atoms with Gasteiger partial charge in [-0.1, -0.05) is 18.5 Å². The summed E-state index contributed by atoms with van der Waals surface area (Å²) in [7, 11) is 2.74. The normalized spacial score (nSPS) is 14.1. The summed E-state index contributed by atoms with van der Waals surface area (Å²) in [6.45, 7) is 3.39. The van der Waals surface area contributed by atoms with Gasteiger partial charge in [0.25, 0.3) is 0 Å². The van der Waals surface area contributed by atoms with Gasteiger partial charge in [0.15, 0.2) is 0 Å². The third-order valence-corrected chi connectivity index (χ3v) is 4.71. The van der Waals surface area contributed by atoms with Gasteiger partial charge in [-0.25, -0.2) is 0 Å². The lowest BCUT2D eigenvalue weighted by molar-refractivity contribution is -0.145. The van der Waals surface area contributed by atoms with E-state index in [0.717, 1.165) is 0 Å². The number of carboxylic acid groups (broad SMARTS) is 1. The first-order valence-electron chi connectivity index (χ1n) is 7.76. The first kappa shape index (κ1) is 20.8. The Morgan fingerprint density at radius 3 is 2.52 bits per heavy atom. The van der Waals surface area contributed by atoms with Gasteiger partial charge in [0.2, 0.25) is 0 Å². The summed E-state index contributed by atoms with van der Waals surface area (Å²) in [6, 6.07) is 5.52. The predicted octanol–water partition coefficient (Wildman–Crippen LogP) is 3.48. The number of halogens is 1. The molecule has 0 aliphatic heterocycles. The van der Waals surface area contributed by atoms with Crippen molar-refractivity contribution < 1.29 is 24.2 Å². The van der Waals surface area contributed by atoms with Crippen molar-refractivity contribution >= 4 is 23.5 Å². The van der Waals surface area contributed by atoms with Gasteiger partial charge in [-0.2, -0.15) is 5.26 Å². The molecular formula is C18H22ClNO5. The number of carbonyl (C=O) groups is 2. The van der Waals surface area contributed by atoms with Crippen LogP contribution in [0.25, 0.3) is 0 Å². The molecule has 0 bridgehead atoms. The summed E-state index contributed by atoms with van der Waals surface area (Å²) in [4.78, 5) is 23.0. The van der Waals surface area contributed by atoms with Crippen molar-refractivity contribution in [1.82, 2.24) is 0 Å². The van der Waals surface area contributed by atoms with E-state index in [1.54, 1.807) is 26.0 Å². The van der Waals surface area contributed by atoms with E-state index >= 15 is 0 Å². The molecule has 0 saturated carbocycles. The third kappa shape index (κ3) is 4.64. The SMILES string of the molecule is COC(=O)C(C)CC(C#N)(CCC(=O)O)c1c(OC)ccc(Cl)c1C. The van der Waals surface area contributed by atoms with E-state index in [1.807, 2.05) is 0 Å². The molecule has 0 aliphatic carbocycles. The highest BCUT2D eigenvalue weighted by Gasteiger charge is 2.40. The number of methoxy groups -OCH3 is 2. The zero-order valence-corrected chi connectivity index (χ0v) is 15.5. The van der Waals surface area contributed by atoms with E-state index < -0.39 is 23.3 Å². The summed E-state index contributed by atoms with van der Waals surface area (Å²) in [5.41, 5.74) is -0.0983. The minimum Gasteiger partial charge on any atom is -0.496 e. The number of carbonyl (C=O) groups excluding carboxylic acids is 1. The molecule has 1 rings (SSSR count). The molecule has 25 heavy (non-hydrogen) atoms. The van der Waals surface area contributed by atoms with Crippen LogP contribution in [0, 0.1) is 24.2 Å². The summed E-state index contributed by atoms with van der Waals surface area (Å²) < 4.78 is 10.1. The van der Waals surface area contributed by atoms with E-state index in [2.05, 4.69) is 6.07 Å². The average Bonchev–Trinajstić information content (AvgIpc) is 2.60. The lowest BCUT2D eigenvalue weighted by Crippen LogP contribution is -2.32. The summed E-state index contributed by atoms with van der Waals surface area (Å²) >= 11 is 6.22. The maximum absolute atomic E-state index is 11.9. The number of aliphatic carboxylic acids is 1. The van der Waals surface area contributed by atoms with Crippen LogP contribution in [-0.4, -0.2) is 31.3 Å². The number of rotatable bonds is 8. The number of hydrogen-bond acceptors (Lipinski definition) is 5. The molecule has 7 heteroatoms. The molecule has 1 aromatic carbocycles. The molecule has 6 nitrogen and oxygen atoms in total. The van der Waals surface area contributed by atoms with E-state index in [4.69, 9.17) is 26.2 Å². The molecule has 2 unspecified atom stereocenters. The molecule has 0 spiro atoms. The van der Waals surface area contributed by atoms with Gasteiger partial charge in [0.1, 0.15) is 5.75 Å². The molecule has 0 radical (unpaired) electrons. The molecule has 0 heterocycles. The summed E-state index contributed by atoms with van der Waals surface area (Å²) in [5, 5.41) is 19.5. The number of nitriles is 1. The first-order valence-corrected chi connectivity index (χ1v) is 8.14. The van der Waals surface area contributed by atoms with Crippen LogP contribution in [0.1, 0.15) is 37.3 Å². The Morgan fingerprint density at radius 1 is 1.40 bits per heavy atom. The number of nitrogens with zero attached hydrogens (tertiary/aromatic N) is 1. The zero-order valence-electron chi connectivity index (χ0n) is 14.8. The average molecular weight is 368 g/mol. The summed E-state index contributed by atoms with van der Waals surface area (Å²) in [5.74, 6) is -1.65. The molecule has 136 valence electrons. The van der Waals surface area contributed by atoms with Crippen LogP contribution in [0.2, 0.25) is 5.02 Å². The van der Waals surface area contributed by atoms with Crippen molar-refractivity contribution in [2.75, 3.05) is 14.2 Å². The molecule has 0 aromatic heterocycles. The van der Waals surface area contributed by atoms with E-state index in [1.165, 1.54) is 14.2 Å². The maximum Gasteiger partial charge on any atom is 0.308 e. The highest BCUT2D eigenvalue weighted by atomic mass is 35.5. The van der Waals surface area contributed by atoms with Gasteiger partial charge >= 0.3 is 11.9 Å². The lowest BCUT2D eigenvalue weighted by atomic mass is 9.70. The van der Waals surface area contributed by atoms with Crippen molar-refractivity contribution in [3.05, 3.63) is 28.3 Å². The van der Waals surface area contributed by atoms with Crippen LogP contribution < -0.4 is 4.74 Å². The second kappa shape index (κ2) is 8.72. The molecule has 0 aliphatic rings. The monoisotopic (exact) mass is 367 g/mol. The standard InChI is InChI=1S/C18H22ClNO5/c1-11(17(23)25-4)9-18(10-20,8-7-15(21)22)16-12(2)13(19)5-6-14(16)24-3/h5-6,11H,7-9H2,1-4H3,(H,21,22). The number of ether oxygens (including phenoxy) is 2. The minimum atomic E-state index is -1.24. The Hall–Kier alpha value is -2.26. The highest BCUT2D eigenvalue weighted by Crippen LogP contribution is 2.44. The van der Waals surface area contributed by atoms with E-state index in [-0.39, 0.29) is 19.3 Å². The van der Waals surface area contributed by atoms with Gasteiger partial charge in [-0.05, 0) is 37.5 Å². The van der Waals surface area contributed by atoms with Crippen molar-refractivity contribution in [3.8, 4) is 11.8 Å². The van der Waals surface area contributed by atoms with Gasteiger partial charge in [-0.3, -0.25) is 9.59 Å². The highest BCUT2D eigenvalue weighted by molar-refractivity contribution is 6.31.